The molecule has 2 fully saturated rings. The fourth-order valence-corrected chi connectivity index (χ4v) is 7.46. The second-order valence-electron chi connectivity index (χ2n) is 11.1. The average Bonchev–Trinajstić information content (AvgIpc) is 2.96. The molecule has 0 saturated carbocycles. The summed E-state index contributed by atoms with van der Waals surface area (Å²) in [6, 6.07) is 6.21. The summed E-state index contributed by atoms with van der Waals surface area (Å²) in [5.41, 5.74) is 4.32. The summed E-state index contributed by atoms with van der Waals surface area (Å²) in [7, 11) is -3.64. The fourth-order valence-electron chi connectivity index (χ4n) is 5.87. The van der Waals surface area contributed by atoms with Gasteiger partial charge in [-0.1, -0.05) is 30.1 Å². The van der Waals surface area contributed by atoms with Gasteiger partial charge in [-0.15, -0.1) is 0 Å². The Balaban J connectivity index is 1.52. The zero-order valence-corrected chi connectivity index (χ0v) is 26.1. The molecule has 43 heavy (non-hydrogen) atoms. The minimum atomic E-state index is -4.78. The van der Waals surface area contributed by atoms with E-state index in [1.807, 2.05) is 4.90 Å². The van der Waals surface area contributed by atoms with Gasteiger partial charge in [0.2, 0.25) is 5.91 Å². The molecule has 2 heterocycles. The molecule has 0 unspecified atom stereocenters. The van der Waals surface area contributed by atoms with Gasteiger partial charge in [-0.3, -0.25) is 19.4 Å². The predicted molar refractivity (Wildman–Crippen MR) is 159 cm³/mol. The highest BCUT2D eigenvalue weighted by molar-refractivity contribution is 7.91. The summed E-state index contributed by atoms with van der Waals surface area (Å²) in [6.07, 6.45) is -1.55. The van der Waals surface area contributed by atoms with Gasteiger partial charge in [0.25, 0.3) is 5.91 Å². The third-order valence-corrected chi connectivity index (χ3v) is 10.6. The lowest BCUT2D eigenvalue weighted by Gasteiger charge is -2.42. The second-order valence-corrected chi connectivity index (χ2v) is 14.2. The standard InChI is InChI=1S/C29H35Cl2F3N4O4S/c1-2-43(41,42)26-8-7-21(30)11-20(26)14-36-28(40)19-12-24(29(32,33)34)23(25(31)13-19)17-37-9-4-6-22(16-37)38-10-3-5-18(15-38)27(35)39/h7-8,11-13,18,22H,2-6,9-10,14-17H2,1H3,(H2,35,39)(H,36,40)/t18-,22-/m0/s1. The van der Waals surface area contributed by atoms with E-state index in [4.69, 9.17) is 28.9 Å². The van der Waals surface area contributed by atoms with Crippen LogP contribution in [0.2, 0.25) is 10.0 Å². The number of primary amides is 1. The quantitative estimate of drug-likeness (QED) is 0.395. The van der Waals surface area contributed by atoms with Crippen LogP contribution in [0.15, 0.2) is 35.2 Å². The summed E-state index contributed by atoms with van der Waals surface area (Å²) in [5, 5.41) is 2.56. The lowest BCUT2D eigenvalue weighted by atomic mass is 9.93. The molecule has 0 spiro atoms. The van der Waals surface area contributed by atoms with E-state index in [-0.39, 0.29) is 68.3 Å². The Morgan fingerprint density at radius 2 is 1.79 bits per heavy atom. The molecule has 2 aromatic rings. The van der Waals surface area contributed by atoms with E-state index in [2.05, 4.69) is 10.2 Å². The molecule has 14 heteroatoms. The van der Waals surface area contributed by atoms with Crippen LogP contribution in [0.4, 0.5) is 13.2 Å². The van der Waals surface area contributed by atoms with Crippen molar-refractivity contribution in [3.05, 3.63) is 62.6 Å². The topological polar surface area (TPSA) is 113 Å². The van der Waals surface area contributed by atoms with Crippen molar-refractivity contribution in [2.24, 2.45) is 11.7 Å². The van der Waals surface area contributed by atoms with Crippen molar-refractivity contribution >= 4 is 44.9 Å². The molecule has 0 bridgehead atoms. The highest BCUT2D eigenvalue weighted by Gasteiger charge is 2.37. The van der Waals surface area contributed by atoms with Gasteiger partial charge >= 0.3 is 6.18 Å². The molecule has 2 atom stereocenters. The number of hydrogen-bond donors (Lipinski definition) is 2. The Labute approximate surface area is 259 Å². The average molecular weight is 664 g/mol. The third kappa shape index (κ3) is 8.21. The molecule has 8 nitrogen and oxygen atoms in total. The van der Waals surface area contributed by atoms with E-state index in [0.717, 1.165) is 38.3 Å². The maximum Gasteiger partial charge on any atom is 0.416 e. The van der Waals surface area contributed by atoms with Gasteiger partial charge in [0.1, 0.15) is 0 Å². The van der Waals surface area contributed by atoms with Crippen LogP contribution < -0.4 is 11.1 Å². The van der Waals surface area contributed by atoms with Crippen LogP contribution in [-0.4, -0.2) is 68.0 Å². The van der Waals surface area contributed by atoms with Gasteiger partial charge in [0.15, 0.2) is 9.84 Å². The summed E-state index contributed by atoms with van der Waals surface area (Å²) >= 11 is 12.4. The van der Waals surface area contributed by atoms with Gasteiger partial charge in [0.05, 0.1) is 22.1 Å². The summed E-state index contributed by atoms with van der Waals surface area (Å²) in [4.78, 5) is 28.8. The number of carbonyl (C=O) groups excluding carboxylic acids is 2. The lowest BCUT2D eigenvalue weighted by molar-refractivity contribution is -0.138. The molecule has 2 amide bonds. The largest absolute Gasteiger partial charge is 0.416 e. The number of benzene rings is 2. The van der Waals surface area contributed by atoms with Crippen LogP contribution in [0.5, 0.6) is 0 Å². The van der Waals surface area contributed by atoms with Crippen LogP contribution in [0.3, 0.4) is 0 Å². The Bertz CT molecular complexity index is 1470. The van der Waals surface area contributed by atoms with Gasteiger partial charge < -0.3 is 11.1 Å². The first-order valence-electron chi connectivity index (χ1n) is 14.1. The molecule has 2 aliphatic heterocycles. The molecule has 236 valence electrons. The van der Waals surface area contributed by atoms with Crippen LogP contribution in [0.1, 0.15) is 59.7 Å². The van der Waals surface area contributed by atoms with Crippen molar-refractivity contribution in [1.29, 1.82) is 0 Å². The number of nitrogens with zero attached hydrogens (tertiary/aromatic N) is 2. The molecular weight excluding hydrogens is 628 g/mol. The van der Waals surface area contributed by atoms with E-state index in [1.54, 1.807) is 0 Å². The number of nitrogens with two attached hydrogens (primary N) is 1. The van der Waals surface area contributed by atoms with Crippen molar-refractivity contribution in [1.82, 2.24) is 15.1 Å². The molecule has 2 saturated heterocycles. The molecule has 0 aromatic heterocycles. The number of alkyl halides is 3. The molecule has 3 N–H and O–H groups in total. The number of halogens is 5. The number of carbonyl (C=O) groups is 2. The first-order chi connectivity index (χ1) is 20.2. The molecule has 0 aliphatic carbocycles. The number of piperidine rings is 2. The molecule has 0 radical (unpaired) electrons. The van der Waals surface area contributed by atoms with Crippen molar-refractivity contribution in [3.8, 4) is 0 Å². The number of rotatable bonds is 9. The van der Waals surface area contributed by atoms with Gasteiger partial charge in [-0.25, -0.2) is 8.42 Å². The Morgan fingerprint density at radius 1 is 1.07 bits per heavy atom. The van der Waals surface area contributed by atoms with E-state index < -0.39 is 27.5 Å². The number of sulfone groups is 1. The minimum absolute atomic E-state index is 0.0152. The van der Waals surface area contributed by atoms with Gasteiger partial charge in [-0.05, 0) is 80.2 Å². The van der Waals surface area contributed by atoms with Crippen LogP contribution >= 0.6 is 23.2 Å². The number of hydrogen-bond acceptors (Lipinski definition) is 6. The monoisotopic (exact) mass is 662 g/mol. The van der Waals surface area contributed by atoms with Gasteiger partial charge in [-0.2, -0.15) is 13.2 Å². The van der Waals surface area contributed by atoms with E-state index in [0.29, 0.717) is 19.6 Å². The van der Waals surface area contributed by atoms with Gasteiger partial charge in [0, 0.05) is 47.8 Å². The van der Waals surface area contributed by atoms with Crippen molar-refractivity contribution < 1.29 is 31.2 Å². The first-order valence-corrected chi connectivity index (χ1v) is 16.5. The number of nitrogens with one attached hydrogen (secondary N) is 1. The van der Waals surface area contributed by atoms with E-state index >= 15 is 0 Å². The zero-order valence-electron chi connectivity index (χ0n) is 23.7. The van der Waals surface area contributed by atoms with Crippen LogP contribution in [0, 0.1) is 5.92 Å². The fraction of sp³-hybridized carbons (Fsp3) is 0.517. The second kappa shape index (κ2) is 13.7. The number of amides is 2. The predicted octanol–water partition coefficient (Wildman–Crippen LogP) is 4.90. The number of likely N-dealkylation sites (tertiary alicyclic amines) is 2. The minimum Gasteiger partial charge on any atom is -0.369 e. The summed E-state index contributed by atoms with van der Waals surface area (Å²) in [5.74, 6) is -1.57. The molecular formula is C29H35Cl2F3N4O4S. The zero-order chi connectivity index (χ0) is 31.5. The molecule has 2 aliphatic rings. The van der Waals surface area contributed by atoms with Crippen molar-refractivity contribution in [3.63, 3.8) is 0 Å². The summed E-state index contributed by atoms with van der Waals surface area (Å²) in [6.45, 7) is 3.61. The van der Waals surface area contributed by atoms with Crippen molar-refractivity contribution in [2.45, 2.75) is 62.8 Å². The lowest BCUT2D eigenvalue weighted by Crippen LogP contribution is -2.52. The normalized spacial score (nSPS) is 20.6. The third-order valence-electron chi connectivity index (χ3n) is 8.17. The first kappa shape index (κ1) is 33.5. The molecule has 2 aromatic carbocycles. The van der Waals surface area contributed by atoms with Crippen molar-refractivity contribution in [2.75, 3.05) is 31.9 Å². The maximum atomic E-state index is 14.3. The Hall–Kier alpha value is -2.38. The maximum absolute atomic E-state index is 14.3. The Morgan fingerprint density at radius 3 is 2.47 bits per heavy atom. The Kier molecular flexibility index (Phi) is 10.7. The highest BCUT2D eigenvalue weighted by atomic mass is 35.5. The van der Waals surface area contributed by atoms with Crippen LogP contribution in [0.25, 0.3) is 0 Å². The van der Waals surface area contributed by atoms with E-state index in [9.17, 15) is 31.2 Å². The molecule has 4 rings (SSSR count). The van der Waals surface area contributed by atoms with Crippen LogP contribution in [-0.2, 0) is 33.9 Å². The highest BCUT2D eigenvalue weighted by Crippen LogP contribution is 2.37. The van der Waals surface area contributed by atoms with E-state index in [1.165, 1.54) is 31.2 Å². The SMILES string of the molecule is CCS(=O)(=O)c1ccc(Cl)cc1CNC(=O)c1cc(Cl)c(CN2CCC[C@H](N3CCC[C@H](C(N)=O)C3)C2)c(C(F)(F)F)c1. The smallest absolute Gasteiger partial charge is 0.369 e. The summed E-state index contributed by atoms with van der Waals surface area (Å²) < 4.78 is 67.8.